The van der Waals surface area contributed by atoms with Crippen LogP contribution < -0.4 is 5.32 Å². The van der Waals surface area contributed by atoms with Crippen molar-refractivity contribution in [2.75, 3.05) is 0 Å². The molecule has 0 aliphatic carbocycles. The largest absolute Gasteiger partial charge is 0.480 e. The molecule has 0 fully saturated rings. The Hall–Kier alpha value is -2.62. The zero-order valence-electron chi connectivity index (χ0n) is 14.5. The van der Waals surface area contributed by atoms with Crippen LogP contribution in [0.2, 0.25) is 0 Å². The van der Waals surface area contributed by atoms with Crippen LogP contribution in [0.15, 0.2) is 60.7 Å². The van der Waals surface area contributed by atoms with E-state index in [1.807, 2.05) is 67.6 Å². The van der Waals surface area contributed by atoms with Crippen LogP contribution in [0.25, 0.3) is 0 Å². The van der Waals surface area contributed by atoms with Crippen molar-refractivity contribution in [2.45, 2.75) is 44.6 Å². The molecule has 2 aromatic carbocycles. The van der Waals surface area contributed by atoms with Crippen LogP contribution in [0.3, 0.4) is 0 Å². The molecule has 4 heteroatoms. The Morgan fingerprint density at radius 3 is 1.92 bits per heavy atom. The number of carboxylic acid groups (broad SMARTS) is 1. The molecule has 0 saturated heterocycles. The highest BCUT2D eigenvalue weighted by atomic mass is 16.4. The topological polar surface area (TPSA) is 66.4 Å². The number of hydrogen-bond donors (Lipinski definition) is 2. The lowest BCUT2D eigenvalue weighted by Crippen LogP contribution is -2.41. The SMILES string of the molecule is CCCCC(NC(=O)CC(c1ccccc1)c1ccccc1)C(=O)O. The lowest BCUT2D eigenvalue weighted by molar-refractivity contribution is -0.142. The summed E-state index contributed by atoms with van der Waals surface area (Å²) in [6.07, 6.45) is 2.36. The summed E-state index contributed by atoms with van der Waals surface area (Å²) < 4.78 is 0. The summed E-state index contributed by atoms with van der Waals surface area (Å²) in [7, 11) is 0. The van der Waals surface area contributed by atoms with Crippen molar-refractivity contribution in [1.82, 2.24) is 5.32 Å². The Bertz CT molecular complexity index is 631. The Morgan fingerprint density at radius 1 is 0.960 bits per heavy atom. The van der Waals surface area contributed by atoms with Gasteiger partial charge in [-0.3, -0.25) is 4.79 Å². The molecule has 0 spiro atoms. The number of nitrogens with one attached hydrogen (secondary N) is 1. The second kappa shape index (κ2) is 9.62. The third-order valence-corrected chi connectivity index (χ3v) is 4.27. The molecule has 1 unspecified atom stereocenters. The van der Waals surface area contributed by atoms with Crippen molar-refractivity contribution in [3.05, 3.63) is 71.8 Å². The van der Waals surface area contributed by atoms with E-state index in [1.165, 1.54) is 0 Å². The van der Waals surface area contributed by atoms with Gasteiger partial charge in [-0.1, -0.05) is 80.4 Å². The van der Waals surface area contributed by atoms with E-state index >= 15 is 0 Å². The Kier molecular flexibility index (Phi) is 7.20. The van der Waals surface area contributed by atoms with Crippen molar-refractivity contribution in [3.8, 4) is 0 Å². The van der Waals surface area contributed by atoms with Gasteiger partial charge in [0, 0.05) is 12.3 Å². The maximum absolute atomic E-state index is 12.5. The van der Waals surface area contributed by atoms with E-state index in [1.54, 1.807) is 0 Å². The Morgan fingerprint density at radius 2 is 1.48 bits per heavy atom. The van der Waals surface area contributed by atoms with Crippen LogP contribution >= 0.6 is 0 Å². The molecule has 4 nitrogen and oxygen atoms in total. The van der Waals surface area contributed by atoms with Crippen molar-refractivity contribution < 1.29 is 14.7 Å². The maximum atomic E-state index is 12.5. The first-order chi connectivity index (χ1) is 12.1. The molecule has 2 N–H and O–H groups in total. The highest BCUT2D eigenvalue weighted by Gasteiger charge is 2.23. The van der Waals surface area contributed by atoms with Gasteiger partial charge >= 0.3 is 5.97 Å². The normalized spacial score (nSPS) is 11.9. The highest BCUT2D eigenvalue weighted by molar-refractivity contribution is 5.84. The van der Waals surface area contributed by atoms with Crippen LogP contribution in [-0.2, 0) is 9.59 Å². The van der Waals surface area contributed by atoms with E-state index in [0.717, 1.165) is 24.0 Å². The number of carboxylic acids is 1. The Balaban J connectivity index is 2.13. The summed E-state index contributed by atoms with van der Waals surface area (Å²) in [5.41, 5.74) is 2.09. The monoisotopic (exact) mass is 339 g/mol. The van der Waals surface area contributed by atoms with Gasteiger partial charge in [-0.15, -0.1) is 0 Å². The molecule has 132 valence electrons. The highest BCUT2D eigenvalue weighted by Crippen LogP contribution is 2.27. The van der Waals surface area contributed by atoms with Crippen LogP contribution in [0.5, 0.6) is 0 Å². The van der Waals surface area contributed by atoms with E-state index in [9.17, 15) is 14.7 Å². The summed E-state index contributed by atoms with van der Waals surface area (Å²) in [5, 5.41) is 12.0. The minimum Gasteiger partial charge on any atom is -0.480 e. The lowest BCUT2D eigenvalue weighted by Gasteiger charge is -2.20. The van der Waals surface area contributed by atoms with E-state index < -0.39 is 12.0 Å². The molecule has 0 heterocycles. The minimum absolute atomic E-state index is 0.0944. The van der Waals surface area contributed by atoms with E-state index in [0.29, 0.717) is 6.42 Å². The zero-order chi connectivity index (χ0) is 18.1. The smallest absolute Gasteiger partial charge is 0.326 e. The molecule has 0 radical (unpaired) electrons. The van der Waals surface area contributed by atoms with Gasteiger partial charge in [0.2, 0.25) is 5.91 Å². The van der Waals surface area contributed by atoms with Crippen molar-refractivity contribution in [2.24, 2.45) is 0 Å². The van der Waals surface area contributed by atoms with Crippen LogP contribution in [0.4, 0.5) is 0 Å². The molecule has 0 bridgehead atoms. The van der Waals surface area contributed by atoms with Gasteiger partial charge in [0.15, 0.2) is 0 Å². The van der Waals surface area contributed by atoms with E-state index in [-0.39, 0.29) is 18.2 Å². The number of benzene rings is 2. The summed E-state index contributed by atoms with van der Waals surface area (Å²) in [5.74, 6) is -1.30. The van der Waals surface area contributed by atoms with E-state index in [2.05, 4.69) is 5.32 Å². The predicted octanol–water partition coefficient (Wildman–Crippen LogP) is 3.97. The number of carbonyl (C=O) groups is 2. The van der Waals surface area contributed by atoms with Crippen LogP contribution in [0.1, 0.15) is 49.7 Å². The standard InChI is InChI=1S/C21H25NO3/c1-2-3-14-19(21(24)25)22-20(23)15-18(16-10-6-4-7-11-16)17-12-8-5-9-13-17/h4-13,18-19H,2-3,14-15H2,1H3,(H,22,23)(H,24,25). The molecule has 1 atom stereocenters. The molecular weight excluding hydrogens is 314 g/mol. The first kappa shape index (κ1) is 18.7. The first-order valence-corrected chi connectivity index (χ1v) is 8.74. The second-order valence-electron chi connectivity index (χ2n) is 6.18. The summed E-state index contributed by atoms with van der Waals surface area (Å²) in [4.78, 5) is 23.9. The molecule has 25 heavy (non-hydrogen) atoms. The molecule has 2 aromatic rings. The number of carbonyl (C=O) groups excluding carboxylic acids is 1. The second-order valence-corrected chi connectivity index (χ2v) is 6.18. The average Bonchev–Trinajstić information content (AvgIpc) is 2.64. The minimum atomic E-state index is -0.974. The van der Waals surface area contributed by atoms with Crippen LogP contribution in [-0.4, -0.2) is 23.0 Å². The number of amides is 1. The van der Waals surface area contributed by atoms with Gasteiger partial charge in [-0.25, -0.2) is 4.79 Å². The number of rotatable bonds is 9. The average molecular weight is 339 g/mol. The third-order valence-electron chi connectivity index (χ3n) is 4.27. The van der Waals surface area contributed by atoms with Gasteiger partial charge in [-0.05, 0) is 17.5 Å². The summed E-state index contributed by atoms with van der Waals surface area (Å²) in [6.45, 7) is 2.00. The zero-order valence-corrected chi connectivity index (χ0v) is 14.5. The quantitative estimate of drug-likeness (QED) is 0.726. The molecule has 2 rings (SSSR count). The molecule has 0 saturated carbocycles. The van der Waals surface area contributed by atoms with E-state index in [4.69, 9.17) is 0 Å². The van der Waals surface area contributed by atoms with Gasteiger partial charge < -0.3 is 10.4 Å². The van der Waals surface area contributed by atoms with Gasteiger partial charge in [0.1, 0.15) is 6.04 Å². The number of aliphatic carboxylic acids is 1. The number of hydrogen-bond acceptors (Lipinski definition) is 2. The van der Waals surface area contributed by atoms with Crippen molar-refractivity contribution in [1.29, 1.82) is 0 Å². The summed E-state index contributed by atoms with van der Waals surface area (Å²) in [6, 6.07) is 18.8. The molecule has 0 aromatic heterocycles. The lowest BCUT2D eigenvalue weighted by atomic mass is 9.88. The van der Waals surface area contributed by atoms with Crippen LogP contribution in [0, 0.1) is 0 Å². The molecule has 0 aliphatic rings. The molecule has 1 amide bonds. The maximum Gasteiger partial charge on any atom is 0.326 e. The van der Waals surface area contributed by atoms with Gasteiger partial charge in [0.05, 0.1) is 0 Å². The van der Waals surface area contributed by atoms with Crippen molar-refractivity contribution >= 4 is 11.9 Å². The molecule has 0 aliphatic heterocycles. The third kappa shape index (κ3) is 5.75. The summed E-state index contributed by atoms with van der Waals surface area (Å²) >= 11 is 0. The van der Waals surface area contributed by atoms with Gasteiger partial charge in [-0.2, -0.15) is 0 Å². The fourth-order valence-corrected chi connectivity index (χ4v) is 2.90. The first-order valence-electron chi connectivity index (χ1n) is 8.74. The predicted molar refractivity (Wildman–Crippen MR) is 98.4 cm³/mol. The fourth-order valence-electron chi connectivity index (χ4n) is 2.90. The van der Waals surface area contributed by atoms with Gasteiger partial charge in [0.25, 0.3) is 0 Å². The molecular formula is C21H25NO3. The number of unbranched alkanes of at least 4 members (excludes halogenated alkanes) is 1. The van der Waals surface area contributed by atoms with Crippen molar-refractivity contribution in [3.63, 3.8) is 0 Å². The fraction of sp³-hybridized carbons (Fsp3) is 0.333. The Labute approximate surface area is 148 Å².